The molecule has 62 valence electrons. The van der Waals surface area contributed by atoms with Crippen LogP contribution in [0.2, 0.25) is 0 Å². The van der Waals surface area contributed by atoms with Crippen LogP contribution in [0.25, 0.3) is 0 Å². The predicted molar refractivity (Wildman–Crippen MR) is 46.4 cm³/mol. The summed E-state index contributed by atoms with van der Waals surface area (Å²) < 4.78 is 4.00. The van der Waals surface area contributed by atoms with E-state index in [2.05, 4.69) is 9.63 Å². The van der Waals surface area contributed by atoms with Gasteiger partial charge in [0.15, 0.2) is 0 Å². The highest BCUT2D eigenvalue weighted by molar-refractivity contribution is 7.98. The Morgan fingerprint density at radius 2 is 2.36 bits per heavy atom. The molecule has 1 fully saturated rings. The molecular formula is C7H13N3S. The number of fused-ring (bicyclic) bond motifs is 1. The molecule has 4 heteroatoms. The fraction of sp³-hybridized carbons (Fsp3) is 1.00. The summed E-state index contributed by atoms with van der Waals surface area (Å²) in [6.07, 6.45) is 3.67. The lowest BCUT2D eigenvalue weighted by molar-refractivity contribution is 0.345. The van der Waals surface area contributed by atoms with Crippen LogP contribution in [-0.2, 0) is 0 Å². The van der Waals surface area contributed by atoms with Crippen LogP contribution in [0.15, 0.2) is 9.63 Å². The normalized spacial score (nSPS) is 42.5. The van der Waals surface area contributed by atoms with Crippen LogP contribution in [0.3, 0.4) is 0 Å². The van der Waals surface area contributed by atoms with Crippen molar-refractivity contribution in [2.75, 3.05) is 6.54 Å². The van der Waals surface area contributed by atoms with E-state index in [0.717, 1.165) is 12.5 Å². The lowest BCUT2D eigenvalue weighted by atomic mass is 9.86. The van der Waals surface area contributed by atoms with Crippen molar-refractivity contribution in [1.82, 2.24) is 0 Å². The average molecular weight is 171 g/mol. The van der Waals surface area contributed by atoms with E-state index in [1.807, 2.05) is 0 Å². The molecule has 0 saturated heterocycles. The zero-order valence-electron chi connectivity index (χ0n) is 6.44. The first-order chi connectivity index (χ1) is 5.40. The molecule has 1 saturated carbocycles. The summed E-state index contributed by atoms with van der Waals surface area (Å²) in [6, 6.07) is 0.516. The van der Waals surface area contributed by atoms with Gasteiger partial charge >= 0.3 is 0 Å². The smallest absolute Gasteiger partial charge is 0.0856 e. The Bertz CT molecular complexity index is 171. The van der Waals surface area contributed by atoms with Gasteiger partial charge < -0.3 is 5.73 Å². The van der Waals surface area contributed by atoms with Gasteiger partial charge in [-0.05, 0) is 31.7 Å². The van der Waals surface area contributed by atoms with Gasteiger partial charge in [-0.25, -0.2) is 0 Å². The average Bonchev–Trinajstić information content (AvgIpc) is 2.50. The first-order valence-corrected chi connectivity index (χ1v) is 5.00. The number of hydrogen-bond acceptors (Lipinski definition) is 4. The van der Waals surface area contributed by atoms with Gasteiger partial charge in [0.2, 0.25) is 0 Å². The molecule has 0 aromatic rings. The van der Waals surface area contributed by atoms with Gasteiger partial charge in [-0.15, -0.1) is 4.52 Å². The minimum atomic E-state index is 0.516. The van der Waals surface area contributed by atoms with Gasteiger partial charge in [-0.1, -0.05) is 0 Å². The van der Waals surface area contributed by atoms with Gasteiger partial charge in [-0.3, -0.25) is 0 Å². The molecule has 2 rings (SSSR count). The maximum absolute atomic E-state index is 5.62. The fourth-order valence-electron chi connectivity index (χ4n) is 1.80. The van der Waals surface area contributed by atoms with E-state index in [4.69, 9.17) is 5.73 Å². The first kappa shape index (κ1) is 7.55. The van der Waals surface area contributed by atoms with Crippen molar-refractivity contribution < 1.29 is 0 Å². The zero-order valence-corrected chi connectivity index (χ0v) is 7.26. The molecule has 0 bridgehead atoms. The molecule has 0 amide bonds. The molecule has 1 aliphatic carbocycles. The molecule has 2 aliphatic rings. The van der Waals surface area contributed by atoms with Crippen LogP contribution in [0, 0.1) is 5.92 Å². The highest BCUT2D eigenvalue weighted by Gasteiger charge is 2.33. The molecule has 3 unspecified atom stereocenters. The molecule has 3 nitrogen and oxygen atoms in total. The standard InChI is InChI=1S/C7H13N3S/c8-4-5-1-2-6-7(3-5)11-10-9-6/h5-7H,1-4,8H2. The van der Waals surface area contributed by atoms with Gasteiger partial charge in [-0.2, -0.15) is 5.11 Å². The molecule has 0 aromatic carbocycles. The van der Waals surface area contributed by atoms with Crippen LogP contribution < -0.4 is 5.73 Å². The van der Waals surface area contributed by atoms with Crippen LogP contribution >= 0.6 is 11.9 Å². The fourth-order valence-corrected chi connectivity index (χ4v) is 2.79. The maximum atomic E-state index is 5.62. The van der Waals surface area contributed by atoms with Crippen molar-refractivity contribution in [3.05, 3.63) is 0 Å². The monoisotopic (exact) mass is 171 g/mol. The van der Waals surface area contributed by atoms with E-state index in [1.54, 1.807) is 11.9 Å². The topological polar surface area (TPSA) is 50.7 Å². The van der Waals surface area contributed by atoms with Crippen molar-refractivity contribution in [2.24, 2.45) is 21.3 Å². The Balaban J connectivity index is 1.94. The van der Waals surface area contributed by atoms with Gasteiger partial charge in [0.05, 0.1) is 11.3 Å². The maximum Gasteiger partial charge on any atom is 0.0856 e. The molecule has 11 heavy (non-hydrogen) atoms. The van der Waals surface area contributed by atoms with Crippen LogP contribution in [-0.4, -0.2) is 17.8 Å². The third kappa shape index (κ3) is 1.42. The minimum absolute atomic E-state index is 0.516. The van der Waals surface area contributed by atoms with Gasteiger partial charge in [0.1, 0.15) is 0 Å². The molecule has 0 radical (unpaired) electrons. The second-order valence-electron chi connectivity index (χ2n) is 3.32. The first-order valence-electron chi connectivity index (χ1n) is 4.16. The quantitative estimate of drug-likeness (QED) is 0.609. The lowest BCUT2D eigenvalue weighted by Crippen LogP contribution is -2.31. The van der Waals surface area contributed by atoms with E-state index < -0.39 is 0 Å². The minimum Gasteiger partial charge on any atom is -0.330 e. The second kappa shape index (κ2) is 3.11. The summed E-state index contributed by atoms with van der Waals surface area (Å²) in [5.74, 6) is 0.729. The largest absolute Gasteiger partial charge is 0.330 e. The van der Waals surface area contributed by atoms with Crippen LogP contribution in [0.4, 0.5) is 0 Å². The van der Waals surface area contributed by atoms with Gasteiger partial charge in [0, 0.05) is 11.9 Å². The van der Waals surface area contributed by atoms with Crippen LogP contribution in [0.5, 0.6) is 0 Å². The van der Waals surface area contributed by atoms with Crippen LogP contribution in [0.1, 0.15) is 19.3 Å². The van der Waals surface area contributed by atoms with Gasteiger partial charge in [0.25, 0.3) is 0 Å². The van der Waals surface area contributed by atoms with E-state index in [0.29, 0.717) is 11.3 Å². The molecule has 2 N–H and O–H groups in total. The van der Waals surface area contributed by atoms with Crippen molar-refractivity contribution >= 4 is 11.9 Å². The summed E-state index contributed by atoms with van der Waals surface area (Å²) in [7, 11) is 0. The summed E-state index contributed by atoms with van der Waals surface area (Å²) in [4.78, 5) is 0. The third-order valence-corrected chi connectivity index (χ3v) is 3.54. The highest BCUT2D eigenvalue weighted by atomic mass is 32.2. The Morgan fingerprint density at radius 3 is 3.18 bits per heavy atom. The van der Waals surface area contributed by atoms with E-state index in [-0.39, 0.29) is 0 Å². The number of rotatable bonds is 1. The Hall–Kier alpha value is -0.0900. The second-order valence-corrected chi connectivity index (χ2v) is 4.30. The molecule has 3 atom stereocenters. The molecular weight excluding hydrogens is 158 g/mol. The zero-order chi connectivity index (χ0) is 7.68. The summed E-state index contributed by atoms with van der Waals surface area (Å²) >= 11 is 1.65. The molecule has 1 heterocycles. The molecule has 0 aromatic heterocycles. The highest BCUT2D eigenvalue weighted by Crippen LogP contribution is 2.38. The van der Waals surface area contributed by atoms with Crippen molar-refractivity contribution in [2.45, 2.75) is 30.6 Å². The van der Waals surface area contributed by atoms with E-state index in [1.165, 1.54) is 19.3 Å². The number of hydrogen-bond donors (Lipinski definition) is 1. The Kier molecular flexibility index (Phi) is 2.13. The van der Waals surface area contributed by atoms with Crippen molar-refractivity contribution in [1.29, 1.82) is 0 Å². The Morgan fingerprint density at radius 1 is 1.45 bits per heavy atom. The lowest BCUT2D eigenvalue weighted by Gasteiger charge is -2.27. The third-order valence-electron chi connectivity index (χ3n) is 2.58. The molecule has 1 aliphatic heterocycles. The summed E-state index contributed by atoms with van der Waals surface area (Å²) in [5.41, 5.74) is 5.62. The van der Waals surface area contributed by atoms with Crippen molar-refractivity contribution in [3.8, 4) is 0 Å². The van der Waals surface area contributed by atoms with Crippen molar-refractivity contribution in [3.63, 3.8) is 0 Å². The SMILES string of the molecule is NCC1CCC2N=NSC2C1. The number of nitrogens with two attached hydrogens (primary N) is 1. The summed E-state index contributed by atoms with van der Waals surface area (Å²) in [5, 5.41) is 4.82. The predicted octanol–water partition coefficient (Wildman–Crippen LogP) is 1.60. The Labute approximate surface area is 71.0 Å². The summed E-state index contributed by atoms with van der Waals surface area (Å²) in [6.45, 7) is 0.837. The van der Waals surface area contributed by atoms with E-state index >= 15 is 0 Å². The number of nitrogens with zero attached hydrogens (tertiary/aromatic N) is 2. The van der Waals surface area contributed by atoms with E-state index in [9.17, 15) is 0 Å². The molecule has 0 spiro atoms.